The smallest absolute Gasteiger partial charge is 0.339 e. The Bertz CT molecular complexity index is 1200. The number of benzene rings is 1. The lowest BCUT2D eigenvalue weighted by Crippen LogP contribution is -2.18. The molecule has 1 aromatic carbocycles. The Balaban J connectivity index is 1.68. The quantitative estimate of drug-likeness (QED) is 0.605. The maximum Gasteiger partial charge on any atom is 0.339 e. The molecule has 0 spiro atoms. The van der Waals surface area contributed by atoms with E-state index in [-0.39, 0.29) is 28.8 Å². The van der Waals surface area contributed by atoms with Crippen LogP contribution < -0.4 is 5.32 Å². The Morgan fingerprint density at radius 1 is 1.23 bits per heavy atom. The third-order valence-electron chi connectivity index (χ3n) is 4.88. The minimum absolute atomic E-state index is 0.000706. The van der Waals surface area contributed by atoms with Gasteiger partial charge in [0.15, 0.2) is 15.5 Å². The third kappa shape index (κ3) is 4.01. The molecular weight excluding hydrogens is 426 g/mol. The number of anilines is 1. The van der Waals surface area contributed by atoms with Crippen LogP contribution in [0, 0.1) is 0 Å². The zero-order valence-corrected chi connectivity index (χ0v) is 17.7. The molecule has 0 unspecified atom stereocenters. The van der Waals surface area contributed by atoms with Crippen molar-refractivity contribution in [2.24, 2.45) is 0 Å². The van der Waals surface area contributed by atoms with E-state index in [0.29, 0.717) is 17.8 Å². The Kier molecular flexibility index (Phi) is 5.44. The van der Waals surface area contributed by atoms with Gasteiger partial charge in [0.05, 0.1) is 46.5 Å². The van der Waals surface area contributed by atoms with Crippen LogP contribution in [0.2, 0.25) is 0 Å². The van der Waals surface area contributed by atoms with Crippen LogP contribution in [0.4, 0.5) is 5.69 Å². The van der Waals surface area contributed by atoms with Crippen LogP contribution in [0.5, 0.6) is 0 Å². The fourth-order valence-electron chi connectivity index (χ4n) is 3.43. The van der Waals surface area contributed by atoms with Crippen LogP contribution >= 0.6 is 11.3 Å². The third-order valence-corrected chi connectivity index (χ3v) is 7.52. The molecule has 30 heavy (non-hydrogen) atoms. The van der Waals surface area contributed by atoms with E-state index in [1.165, 1.54) is 18.4 Å². The number of amides is 1. The summed E-state index contributed by atoms with van der Waals surface area (Å²) in [7, 11) is -1.85. The molecule has 10 heteroatoms. The van der Waals surface area contributed by atoms with Gasteiger partial charge in [-0.25, -0.2) is 13.2 Å². The molecule has 8 nitrogen and oxygen atoms in total. The molecule has 0 aliphatic carbocycles. The van der Waals surface area contributed by atoms with Crippen molar-refractivity contribution in [3.05, 3.63) is 59.1 Å². The van der Waals surface area contributed by atoms with Crippen molar-refractivity contribution < 1.29 is 22.7 Å². The van der Waals surface area contributed by atoms with Crippen molar-refractivity contribution in [1.82, 2.24) is 9.78 Å². The minimum atomic E-state index is -3.12. The number of nitrogens with zero attached hydrogens (tertiary/aromatic N) is 2. The van der Waals surface area contributed by atoms with Crippen molar-refractivity contribution in [3.8, 4) is 10.6 Å². The summed E-state index contributed by atoms with van der Waals surface area (Å²) >= 11 is 1.48. The highest BCUT2D eigenvalue weighted by Crippen LogP contribution is 2.32. The van der Waals surface area contributed by atoms with Gasteiger partial charge >= 0.3 is 5.97 Å². The number of nitrogens with one attached hydrogen (secondary N) is 1. The number of hydrogen-bond acceptors (Lipinski definition) is 7. The molecule has 3 heterocycles. The molecule has 0 radical (unpaired) electrons. The van der Waals surface area contributed by atoms with E-state index in [0.717, 1.165) is 4.88 Å². The van der Waals surface area contributed by atoms with Crippen molar-refractivity contribution >= 4 is 38.7 Å². The first-order valence-corrected chi connectivity index (χ1v) is 11.9. The zero-order chi connectivity index (χ0) is 21.3. The largest absolute Gasteiger partial charge is 0.465 e. The fourth-order valence-corrected chi connectivity index (χ4v) is 5.85. The lowest BCUT2D eigenvalue weighted by Gasteiger charge is -2.12. The van der Waals surface area contributed by atoms with Crippen molar-refractivity contribution in [2.45, 2.75) is 12.5 Å². The van der Waals surface area contributed by atoms with Crippen molar-refractivity contribution in [1.29, 1.82) is 0 Å². The number of esters is 1. The fraction of sp³-hybridized carbons (Fsp3) is 0.250. The van der Waals surface area contributed by atoms with Crippen LogP contribution in [0.25, 0.3) is 10.6 Å². The molecule has 4 rings (SSSR count). The average molecular weight is 446 g/mol. The Hall–Kier alpha value is -2.98. The van der Waals surface area contributed by atoms with E-state index in [2.05, 4.69) is 10.4 Å². The summed E-state index contributed by atoms with van der Waals surface area (Å²) in [6.45, 7) is 0. The first kappa shape index (κ1) is 20.3. The maximum atomic E-state index is 12.9. The molecule has 0 saturated carbocycles. The number of para-hydroxylation sites is 1. The van der Waals surface area contributed by atoms with Gasteiger partial charge in [-0.3, -0.25) is 9.48 Å². The van der Waals surface area contributed by atoms with Gasteiger partial charge in [-0.1, -0.05) is 18.2 Å². The number of sulfone groups is 1. The molecule has 0 bridgehead atoms. The van der Waals surface area contributed by atoms with E-state index in [1.54, 1.807) is 35.0 Å². The predicted molar refractivity (Wildman–Crippen MR) is 114 cm³/mol. The molecule has 1 saturated heterocycles. The van der Waals surface area contributed by atoms with Crippen LogP contribution in [-0.4, -0.2) is 48.7 Å². The van der Waals surface area contributed by atoms with Gasteiger partial charge in [-0.2, -0.15) is 5.10 Å². The number of ether oxygens (including phenoxy) is 1. The standard InChI is InChI=1S/C20H19N3O5S2/c1-28-20(25)14-5-2-3-6-15(14)21-19(24)16-11-17(18-7-4-9-29-18)23(22-16)13-8-10-30(26,27)12-13/h2-7,9,11,13H,8,10,12H2,1H3,(H,21,24)/t13-/m0/s1. The summed E-state index contributed by atoms with van der Waals surface area (Å²) in [5.74, 6) is -0.954. The molecule has 1 N–H and O–H groups in total. The highest BCUT2D eigenvalue weighted by molar-refractivity contribution is 7.91. The normalized spacial score (nSPS) is 17.6. The second-order valence-electron chi connectivity index (χ2n) is 6.88. The van der Waals surface area contributed by atoms with Crippen LogP contribution in [-0.2, 0) is 14.6 Å². The summed E-state index contributed by atoms with van der Waals surface area (Å²) < 4.78 is 30.3. The maximum absolute atomic E-state index is 12.9. The Morgan fingerprint density at radius 2 is 2.03 bits per heavy atom. The van der Waals surface area contributed by atoms with E-state index in [9.17, 15) is 18.0 Å². The highest BCUT2D eigenvalue weighted by atomic mass is 32.2. The minimum Gasteiger partial charge on any atom is -0.465 e. The number of hydrogen-bond donors (Lipinski definition) is 1. The van der Waals surface area contributed by atoms with Crippen LogP contribution in [0.3, 0.4) is 0 Å². The molecule has 1 atom stereocenters. The molecule has 1 aliphatic heterocycles. The second-order valence-corrected chi connectivity index (χ2v) is 10.1. The van der Waals surface area contributed by atoms with E-state index in [4.69, 9.17) is 4.74 Å². The Morgan fingerprint density at radius 3 is 2.70 bits per heavy atom. The number of aromatic nitrogens is 2. The topological polar surface area (TPSA) is 107 Å². The van der Waals surface area contributed by atoms with E-state index in [1.807, 2.05) is 17.5 Å². The predicted octanol–water partition coefficient (Wildman–Crippen LogP) is 3.01. The lowest BCUT2D eigenvalue weighted by atomic mass is 10.1. The second kappa shape index (κ2) is 8.04. The molecule has 1 aliphatic rings. The SMILES string of the molecule is COC(=O)c1ccccc1NC(=O)c1cc(-c2cccs2)n([C@H]2CCS(=O)(=O)C2)n1. The summed E-state index contributed by atoms with van der Waals surface area (Å²) in [6.07, 6.45) is 0.453. The van der Waals surface area contributed by atoms with Gasteiger partial charge < -0.3 is 10.1 Å². The number of thiophene rings is 1. The zero-order valence-electron chi connectivity index (χ0n) is 16.1. The molecule has 2 aromatic heterocycles. The van der Waals surface area contributed by atoms with Gasteiger partial charge in [-0.15, -0.1) is 11.3 Å². The number of rotatable bonds is 5. The van der Waals surface area contributed by atoms with Gasteiger partial charge in [0.1, 0.15) is 0 Å². The summed E-state index contributed by atoms with van der Waals surface area (Å²) in [4.78, 5) is 25.7. The molecule has 1 fully saturated rings. The first-order chi connectivity index (χ1) is 14.4. The van der Waals surface area contributed by atoms with E-state index < -0.39 is 21.7 Å². The van der Waals surface area contributed by atoms with Crippen molar-refractivity contribution in [2.75, 3.05) is 23.9 Å². The van der Waals surface area contributed by atoms with Crippen molar-refractivity contribution in [3.63, 3.8) is 0 Å². The van der Waals surface area contributed by atoms with Crippen LogP contribution in [0.15, 0.2) is 47.8 Å². The highest BCUT2D eigenvalue weighted by Gasteiger charge is 2.32. The Labute approximate surface area is 177 Å². The summed E-state index contributed by atoms with van der Waals surface area (Å²) in [5.41, 5.74) is 1.37. The molecule has 156 valence electrons. The molecular formula is C20H19N3O5S2. The summed E-state index contributed by atoms with van der Waals surface area (Å²) in [5, 5.41) is 9.05. The molecule has 3 aromatic rings. The monoisotopic (exact) mass is 445 g/mol. The number of carbonyl (C=O) groups is 2. The van der Waals surface area contributed by atoms with E-state index >= 15 is 0 Å². The van der Waals surface area contributed by atoms with Gasteiger partial charge in [0.2, 0.25) is 0 Å². The average Bonchev–Trinajstić information content (AvgIpc) is 3.46. The van der Waals surface area contributed by atoms with Crippen LogP contribution in [0.1, 0.15) is 33.3 Å². The lowest BCUT2D eigenvalue weighted by molar-refractivity contribution is 0.0602. The van der Waals surface area contributed by atoms with Gasteiger partial charge in [-0.05, 0) is 36.1 Å². The first-order valence-electron chi connectivity index (χ1n) is 9.20. The number of methoxy groups -OCH3 is 1. The molecule has 1 amide bonds. The number of carbonyl (C=O) groups excluding carboxylic acids is 2. The van der Waals surface area contributed by atoms with Gasteiger partial charge in [0.25, 0.3) is 5.91 Å². The summed E-state index contributed by atoms with van der Waals surface area (Å²) in [6, 6.07) is 11.6. The van der Waals surface area contributed by atoms with Gasteiger partial charge in [0, 0.05) is 0 Å².